The fourth-order valence-electron chi connectivity index (χ4n) is 4.21. The van der Waals surface area contributed by atoms with Gasteiger partial charge in [-0.3, -0.25) is 8.61 Å². The Morgan fingerprint density at radius 1 is 1.39 bits per heavy atom. The molecule has 28 heavy (non-hydrogen) atoms. The standard InChI is InChI=1S/C16H21N5O.C3H6O2S/c1-2-9-5-10(17)6-11(9)16-20-12(8-22)14-7-19-15-13(21(14)16)3-4-18-15;4-6(5)3-1-2-3/h3-4,7,9-11,18,22H,2,5-6,8,17H2,1H3;3H,1-2H2,(H,4,5)/p-1/t9-,10+,11+;/m1./s1. The van der Waals surface area contributed by atoms with Gasteiger partial charge in [-0.25, -0.2) is 9.97 Å². The second kappa shape index (κ2) is 7.90. The second-order valence-electron chi connectivity index (χ2n) is 7.73. The fraction of sp³-hybridized carbons (Fsp3) is 0.579. The van der Waals surface area contributed by atoms with Crippen molar-refractivity contribution >= 4 is 27.8 Å². The van der Waals surface area contributed by atoms with E-state index < -0.39 is 11.1 Å². The molecule has 3 aromatic rings. The number of aromatic nitrogens is 4. The first-order valence-electron chi connectivity index (χ1n) is 9.81. The summed E-state index contributed by atoms with van der Waals surface area (Å²) in [4.78, 5) is 12.3. The van der Waals surface area contributed by atoms with Gasteiger partial charge in [-0.2, -0.15) is 0 Å². The van der Waals surface area contributed by atoms with Crippen molar-refractivity contribution in [2.24, 2.45) is 11.7 Å². The third-order valence-corrected chi connectivity index (χ3v) is 6.83. The third-order valence-electron chi connectivity index (χ3n) is 5.81. The zero-order valence-corrected chi connectivity index (χ0v) is 16.7. The van der Waals surface area contributed by atoms with Gasteiger partial charge < -0.3 is 20.4 Å². The average Bonchev–Trinajstić information content (AvgIpc) is 3.15. The Morgan fingerprint density at radius 2 is 2.18 bits per heavy atom. The van der Waals surface area contributed by atoms with E-state index in [2.05, 4.69) is 21.3 Å². The van der Waals surface area contributed by atoms with Gasteiger partial charge in [0.1, 0.15) is 5.82 Å². The van der Waals surface area contributed by atoms with E-state index in [0.717, 1.165) is 54.6 Å². The number of nitrogens with one attached hydrogen (secondary N) is 1. The topological polar surface area (TPSA) is 132 Å². The van der Waals surface area contributed by atoms with E-state index in [1.54, 1.807) is 6.20 Å². The largest absolute Gasteiger partial charge is 0.772 e. The highest BCUT2D eigenvalue weighted by molar-refractivity contribution is 7.80. The summed E-state index contributed by atoms with van der Waals surface area (Å²) in [6.07, 6.45) is 8.55. The van der Waals surface area contributed by atoms with Crippen LogP contribution >= 0.6 is 0 Å². The SMILES string of the molecule is CC[C@@H]1C[C@H](N)C[C@@H]1c1nc(CO)c2cnc3[nH]ccc3n12.O=S([O-])C1CC1. The molecule has 3 aromatic heterocycles. The van der Waals surface area contributed by atoms with Crippen LogP contribution in [-0.4, -0.2) is 44.5 Å². The number of aliphatic hydroxyl groups is 1. The molecule has 0 radical (unpaired) electrons. The van der Waals surface area contributed by atoms with Crippen molar-refractivity contribution in [3.63, 3.8) is 0 Å². The number of aromatic amines is 1. The highest BCUT2D eigenvalue weighted by Gasteiger charge is 2.35. The molecule has 0 bridgehead atoms. The van der Waals surface area contributed by atoms with Crippen LogP contribution < -0.4 is 5.73 Å². The molecule has 2 saturated carbocycles. The maximum atomic E-state index is 9.76. The van der Waals surface area contributed by atoms with Crippen LogP contribution in [0.2, 0.25) is 0 Å². The molecule has 5 rings (SSSR count). The minimum absolute atomic E-state index is 0.0185. The van der Waals surface area contributed by atoms with Crippen LogP contribution in [0.3, 0.4) is 0 Å². The molecule has 0 spiro atoms. The summed E-state index contributed by atoms with van der Waals surface area (Å²) in [7, 11) is 0. The molecule has 0 aliphatic heterocycles. The van der Waals surface area contributed by atoms with Crippen LogP contribution in [0.5, 0.6) is 0 Å². The summed E-state index contributed by atoms with van der Waals surface area (Å²) >= 11 is -1.76. The van der Waals surface area contributed by atoms with Crippen molar-refractivity contribution in [1.29, 1.82) is 0 Å². The van der Waals surface area contributed by atoms with Gasteiger partial charge in [-0.05, 0) is 37.7 Å². The maximum Gasteiger partial charge on any atom is 0.154 e. The second-order valence-corrected chi connectivity index (χ2v) is 8.92. The summed E-state index contributed by atoms with van der Waals surface area (Å²) in [5.74, 6) is 1.91. The smallest absolute Gasteiger partial charge is 0.154 e. The van der Waals surface area contributed by atoms with Gasteiger partial charge in [-0.15, -0.1) is 0 Å². The molecule has 4 N–H and O–H groups in total. The van der Waals surface area contributed by atoms with Crippen LogP contribution in [0, 0.1) is 5.92 Å². The van der Waals surface area contributed by atoms with E-state index in [9.17, 15) is 13.9 Å². The van der Waals surface area contributed by atoms with Crippen molar-refractivity contribution in [3.8, 4) is 0 Å². The first kappa shape index (κ1) is 19.5. The lowest BCUT2D eigenvalue weighted by Gasteiger charge is -2.16. The Labute approximate surface area is 165 Å². The number of hydrogen-bond acceptors (Lipinski definition) is 6. The van der Waals surface area contributed by atoms with E-state index in [-0.39, 0.29) is 17.9 Å². The quantitative estimate of drug-likeness (QED) is 0.570. The number of fused-ring (bicyclic) bond motifs is 3. The highest BCUT2D eigenvalue weighted by Crippen LogP contribution is 2.41. The lowest BCUT2D eigenvalue weighted by Crippen LogP contribution is -2.15. The molecule has 1 unspecified atom stereocenters. The van der Waals surface area contributed by atoms with E-state index in [1.165, 1.54) is 0 Å². The first-order chi connectivity index (χ1) is 13.5. The van der Waals surface area contributed by atoms with Gasteiger partial charge in [-0.1, -0.05) is 24.4 Å². The molecule has 0 amide bonds. The van der Waals surface area contributed by atoms with Crippen molar-refractivity contribution in [3.05, 3.63) is 30.0 Å². The van der Waals surface area contributed by atoms with Gasteiger partial charge in [0.25, 0.3) is 0 Å². The lowest BCUT2D eigenvalue weighted by molar-refractivity contribution is 0.278. The van der Waals surface area contributed by atoms with E-state index in [4.69, 9.17) is 10.7 Å². The minimum atomic E-state index is -1.76. The van der Waals surface area contributed by atoms with Crippen molar-refractivity contribution in [2.75, 3.05) is 0 Å². The Kier molecular flexibility index (Phi) is 5.50. The molecule has 3 heterocycles. The number of nitrogens with two attached hydrogens (primary N) is 1. The number of imidazole rings is 1. The maximum absolute atomic E-state index is 9.76. The van der Waals surface area contributed by atoms with E-state index in [0.29, 0.717) is 17.5 Å². The van der Waals surface area contributed by atoms with E-state index in [1.807, 2.05) is 12.3 Å². The van der Waals surface area contributed by atoms with Crippen LogP contribution in [0.15, 0.2) is 18.5 Å². The molecule has 152 valence electrons. The van der Waals surface area contributed by atoms with Gasteiger partial charge in [0.15, 0.2) is 5.65 Å². The van der Waals surface area contributed by atoms with Crippen molar-refractivity contribution in [1.82, 2.24) is 19.4 Å². The van der Waals surface area contributed by atoms with Gasteiger partial charge in [0.05, 0.1) is 29.5 Å². The molecule has 0 saturated heterocycles. The summed E-state index contributed by atoms with van der Waals surface area (Å²) in [5.41, 5.74) is 9.63. The van der Waals surface area contributed by atoms with Crippen molar-refractivity contribution < 1.29 is 13.9 Å². The number of H-pyrrole nitrogens is 1. The van der Waals surface area contributed by atoms with E-state index >= 15 is 0 Å². The summed E-state index contributed by atoms with van der Waals surface area (Å²) in [5, 5.41) is 9.67. The Hall–Kier alpha value is -1.81. The Morgan fingerprint density at radius 3 is 2.79 bits per heavy atom. The Bertz CT molecular complexity index is 996. The summed E-state index contributed by atoms with van der Waals surface area (Å²) in [6.45, 7) is 2.14. The number of rotatable bonds is 4. The molecular weight excluding hydrogens is 378 g/mol. The van der Waals surface area contributed by atoms with Gasteiger partial charge in [0.2, 0.25) is 0 Å². The summed E-state index contributed by atoms with van der Waals surface area (Å²) < 4.78 is 21.7. The van der Waals surface area contributed by atoms with Gasteiger partial charge in [0, 0.05) is 23.4 Å². The number of hydrogen-bond donors (Lipinski definition) is 3. The molecule has 2 fully saturated rings. The Balaban J connectivity index is 0.000000275. The summed E-state index contributed by atoms with van der Waals surface area (Å²) in [6, 6.07) is 2.25. The predicted molar refractivity (Wildman–Crippen MR) is 106 cm³/mol. The molecule has 9 heteroatoms. The highest BCUT2D eigenvalue weighted by atomic mass is 32.2. The molecule has 2 aliphatic rings. The monoisotopic (exact) mass is 404 g/mol. The predicted octanol–water partition coefficient (Wildman–Crippen LogP) is 1.96. The molecule has 0 aromatic carbocycles. The van der Waals surface area contributed by atoms with Crippen molar-refractivity contribution in [2.45, 2.75) is 62.8 Å². The van der Waals surface area contributed by atoms with Crippen LogP contribution in [-0.2, 0) is 17.7 Å². The minimum Gasteiger partial charge on any atom is -0.772 e. The zero-order chi connectivity index (χ0) is 19.8. The fourth-order valence-corrected chi connectivity index (χ4v) is 4.73. The van der Waals surface area contributed by atoms with Crippen LogP contribution in [0.1, 0.15) is 56.5 Å². The normalized spacial score (nSPS) is 25.8. The van der Waals surface area contributed by atoms with Gasteiger partial charge >= 0.3 is 0 Å². The molecule has 4 atom stereocenters. The number of aliphatic hydroxyl groups excluding tert-OH is 1. The third kappa shape index (κ3) is 3.59. The lowest BCUT2D eigenvalue weighted by atomic mass is 9.93. The molecular formula is C19H26N5O3S-. The number of nitrogens with zero attached hydrogens (tertiary/aromatic N) is 3. The average molecular weight is 405 g/mol. The van der Waals surface area contributed by atoms with Crippen LogP contribution in [0.25, 0.3) is 16.7 Å². The molecule has 2 aliphatic carbocycles. The van der Waals surface area contributed by atoms with Crippen LogP contribution in [0.4, 0.5) is 0 Å². The molecule has 8 nitrogen and oxygen atoms in total. The zero-order valence-electron chi connectivity index (χ0n) is 15.9. The first-order valence-corrected chi connectivity index (χ1v) is 10.9.